The van der Waals surface area contributed by atoms with Crippen LogP contribution < -0.4 is 4.90 Å². The summed E-state index contributed by atoms with van der Waals surface area (Å²) in [5, 5.41) is 22.0. The van der Waals surface area contributed by atoms with E-state index >= 15 is 0 Å². The lowest BCUT2D eigenvalue weighted by molar-refractivity contribution is 0.0271. The van der Waals surface area contributed by atoms with Crippen LogP contribution in [-0.2, 0) is 11.3 Å². The van der Waals surface area contributed by atoms with Gasteiger partial charge in [-0.1, -0.05) is 0 Å². The van der Waals surface area contributed by atoms with E-state index in [1.165, 1.54) is 0 Å². The lowest BCUT2D eigenvalue weighted by Gasteiger charge is -2.34. The second kappa shape index (κ2) is 6.12. The van der Waals surface area contributed by atoms with Crippen LogP contribution in [0, 0.1) is 25.2 Å². The maximum Gasteiger partial charge on any atom is 0.169 e. The third-order valence-electron chi connectivity index (χ3n) is 3.94. The maximum absolute atomic E-state index is 9.44. The summed E-state index contributed by atoms with van der Waals surface area (Å²) >= 11 is 0. The Labute approximate surface area is 129 Å². The van der Waals surface area contributed by atoms with Crippen LogP contribution in [0.3, 0.4) is 0 Å². The molecule has 1 unspecified atom stereocenters. The van der Waals surface area contributed by atoms with Gasteiger partial charge in [0.2, 0.25) is 0 Å². The normalized spacial score (nSPS) is 18.2. The Morgan fingerprint density at radius 1 is 1.41 bits per heavy atom. The summed E-state index contributed by atoms with van der Waals surface area (Å²) in [6.07, 6.45) is 3.69. The first-order valence-corrected chi connectivity index (χ1v) is 7.27. The van der Waals surface area contributed by atoms with E-state index in [0.29, 0.717) is 37.6 Å². The summed E-state index contributed by atoms with van der Waals surface area (Å²) in [5.74, 6) is 0.652. The van der Waals surface area contributed by atoms with Gasteiger partial charge in [0.15, 0.2) is 5.82 Å². The molecule has 114 valence electrons. The van der Waals surface area contributed by atoms with E-state index in [0.717, 1.165) is 11.3 Å². The zero-order valence-electron chi connectivity index (χ0n) is 12.7. The average Bonchev–Trinajstić information content (AvgIpc) is 3.03. The first-order chi connectivity index (χ1) is 10.7. The number of nitrogens with zero attached hydrogens (tertiary/aromatic N) is 6. The highest BCUT2D eigenvalue weighted by atomic mass is 16.5. The van der Waals surface area contributed by atoms with Crippen molar-refractivity contribution in [3.63, 3.8) is 0 Å². The molecule has 0 aromatic carbocycles. The number of morpholine rings is 1. The number of hydrogen-bond donors (Lipinski definition) is 0. The molecule has 3 heterocycles. The molecular weight excluding hydrogens is 280 g/mol. The van der Waals surface area contributed by atoms with Gasteiger partial charge in [-0.05, 0) is 25.5 Å². The Hall–Kier alpha value is -2.46. The highest BCUT2D eigenvalue weighted by molar-refractivity contribution is 5.57. The minimum atomic E-state index is 0.0172. The van der Waals surface area contributed by atoms with Gasteiger partial charge in [0, 0.05) is 25.5 Å². The van der Waals surface area contributed by atoms with Gasteiger partial charge in [0.05, 0.1) is 24.9 Å². The van der Waals surface area contributed by atoms with Gasteiger partial charge in [-0.15, -0.1) is 5.10 Å². The Bertz CT molecular complexity index is 691. The van der Waals surface area contributed by atoms with Crippen molar-refractivity contribution in [2.24, 2.45) is 0 Å². The molecule has 2 aromatic heterocycles. The number of aryl methyl sites for hydroxylation is 1. The molecule has 0 bridgehead atoms. The molecule has 1 aliphatic heterocycles. The Morgan fingerprint density at radius 3 is 3.00 bits per heavy atom. The molecule has 1 aliphatic rings. The number of nitriles is 1. The predicted octanol–water partition coefficient (Wildman–Crippen LogP) is 1.07. The Morgan fingerprint density at radius 2 is 2.27 bits per heavy atom. The summed E-state index contributed by atoms with van der Waals surface area (Å²) in [7, 11) is 0. The van der Waals surface area contributed by atoms with E-state index in [-0.39, 0.29) is 6.10 Å². The van der Waals surface area contributed by atoms with Crippen LogP contribution in [0.5, 0.6) is 0 Å². The van der Waals surface area contributed by atoms with Crippen molar-refractivity contribution in [1.29, 1.82) is 5.26 Å². The van der Waals surface area contributed by atoms with Gasteiger partial charge in [0.1, 0.15) is 11.6 Å². The standard InChI is InChI=1S/C15H18N6O/c1-11-12(2)18-19-15(14(11)8-16)20-6-7-22-13(9-20)10-21-5-3-4-17-21/h3-5,13H,6-7,9-10H2,1-2H3. The summed E-state index contributed by atoms with van der Waals surface area (Å²) in [6, 6.07) is 4.15. The Kier molecular flexibility index (Phi) is 4.02. The van der Waals surface area contributed by atoms with Gasteiger partial charge < -0.3 is 9.64 Å². The minimum absolute atomic E-state index is 0.0172. The second-order valence-corrected chi connectivity index (χ2v) is 5.39. The van der Waals surface area contributed by atoms with Crippen molar-refractivity contribution in [3.8, 4) is 6.07 Å². The van der Waals surface area contributed by atoms with Crippen molar-refractivity contribution in [2.75, 3.05) is 24.6 Å². The molecule has 0 saturated carbocycles. The van der Waals surface area contributed by atoms with Crippen LogP contribution in [0.25, 0.3) is 0 Å². The van der Waals surface area contributed by atoms with Crippen LogP contribution in [0.4, 0.5) is 5.82 Å². The second-order valence-electron chi connectivity index (χ2n) is 5.39. The largest absolute Gasteiger partial charge is 0.373 e. The Balaban J connectivity index is 1.80. The van der Waals surface area contributed by atoms with Crippen molar-refractivity contribution >= 4 is 5.82 Å². The molecule has 0 spiro atoms. The van der Waals surface area contributed by atoms with E-state index < -0.39 is 0 Å². The number of rotatable bonds is 3. The number of hydrogen-bond acceptors (Lipinski definition) is 6. The fourth-order valence-corrected chi connectivity index (χ4v) is 2.59. The molecule has 0 radical (unpaired) electrons. The van der Waals surface area contributed by atoms with Crippen molar-refractivity contribution in [3.05, 3.63) is 35.3 Å². The topological polar surface area (TPSA) is 79.9 Å². The molecule has 1 fully saturated rings. The fourth-order valence-electron chi connectivity index (χ4n) is 2.59. The summed E-state index contributed by atoms with van der Waals surface area (Å²) < 4.78 is 7.65. The lowest BCUT2D eigenvalue weighted by atomic mass is 10.1. The van der Waals surface area contributed by atoms with E-state index in [2.05, 4.69) is 26.3 Å². The van der Waals surface area contributed by atoms with Gasteiger partial charge in [-0.2, -0.15) is 15.5 Å². The van der Waals surface area contributed by atoms with Crippen LogP contribution in [0.1, 0.15) is 16.8 Å². The van der Waals surface area contributed by atoms with Crippen LogP contribution in [0.15, 0.2) is 18.5 Å². The highest BCUT2D eigenvalue weighted by Crippen LogP contribution is 2.23. The predicted molar refractivity (Wildman–Crippen MR) is 80.4 cm³/mol. The smallest absolute Gasteiger partial charge is 0.169 e. The average molecular weight is 298 g/mol. The van der Waals surface area contributed by atoms with Gasteiger partial charge >= 0.3 is 0 Å². The lowest BCUT2D eigenvalue weighted by Crippen LogP contribution is -2.45. The first kappa shape index (κ1) is 14.5. The van der Waals surface area contributed by atoms with Crippen molar-refractivity contribution < 1.29 is 4.74 Å². The molecule has 3 rings (SSSR count). The third-order valence-corrected chi connectivity index (χ3v) is 3.94. The molecular formula is C15H18N6O. The molecule has 0 amide bonds. The van der Waals surface area contributed by atoms with Gasteiger partial charge in [0.25, 0.3) is 0 Å². The molecule has 2 aromatic rings. The molecule has 0 N–H and O–H groups in total. The summed E-state index contributed by atoms with van der Waals surface area (Å²) in [5.41, 5.74) is 2.29. The highest BCUT2D eigenvalue weighted by Gasteiger charge is 2.25. The van der Waals surface area contributed by atoms with Gasteiger partial charge in [-0.25, -0.2) is 0 Å². The molecule has 0 aliphatic carbocycles. The fraction of sp³-hybridized carbons (Fsp3) is 0.467. The summed E-state index contributed by atoms with van der Waals surface area (Å²) in [4.78, 5) is 2.08. The number of ether oxygens (including phenoxy) is 1. The summed E-state index contributed by atoms with van der Waals surface area (Å²) in [6.45, 7) is 6.45. The monoisotopic (exact) mass is 298 g/mol. The third kappa shape index (κ3) is 2.78. The first-order valence-electron chi connectivity index (χ1n) is 7.27. The number of anilines is 1. The van der Waals surface area contributed by atoms with Crippen molar-refractivity contribution in [1.82, 2.24) is 20.0 Å². The quantitative estimate of drug-likeness (QED) is 0.843. The minimum Gasteiger partial charge on any atom is -0.373 e. The molecule has 1 atom stereocenters. The maximum atomic E-state index is 9.44. The zero-order chi connectivity index (χ0) is 15.5. The van der Waals surface area contributed by atoms with E-state index in [1.807, 2.05) is 30.8 Å². The van der Waals surface area contributed by atoms with Gasteiger partial charge in [-0.3, -0.25) is 4.68 Å². The van der Waals surface area contributed by atoms with E-state index in [9.17, 15) is 5.26 Å². The van der Waals surface area contributed by atoms with Crippen molar-refractivity contribution in [2.45, 2.75) is 26.5 Å². The number of aromatic nitrogens is 4. The van der Waals surface area contributed by atoms with Crippen LogP contribution >= 0.6 is 0 Å². The zero-order valence-corrected chi connectivity index (χ0v) is 12.7. The van der Waals surface area contributed by atoms with Crippen LogP contribution in [0.2, 0.25) is 0 Å². The molecule has 7 nitrogen and oxygen atoms in total. The van der Waals surface area contributed by atoms with E-state index in [1.54, 1.807) is 6.20 Å². The van der Waals surface area contributed by atoms with Crippen LogP contribution in [-0.4, -0.2) is 45.8 Å². The molecule has 22 heavy (non-hydrogen) atoms. The molecule has 7 heteroatoms. The molecule has 1 saturated heterocycles. The van der Waals surface area contributed by atoms with E-state index in [4.69, 9.17) is 4.74 Å². The SMILES string of the molecule is Cc1nnc(N2CCOC(Cn3cccn3)C2)c(C#N)c1C.